The number of fused-ring (bicyclic) bond motifs is 1. The van der Waals surface area contributed by atoms with Crippen LogP contribution in [0, 0.1) is 0 Å². The zero-order valence-corrected chi connectivity index (χ0v) is 10.4. The molecule has 1 aromatic rings. The maximum atomic E-state index is 6.12. The van der Waals surface area contributed by atoms with Crippen LogP contribution < -0.4 is 15.2 Å². The van der Waals surface area contributed by atoms with Gasteiger partial charge in [-0.1, -0.05) is 15.9 Å². The van der Waals surface area contributed by atoms with Gasteiger partial charge in [0.05, 0.1) is 0 Å². The summed E-state index contributed by atoms with van der Waals surface area (Å²) in [6.07, 6.45) is 0. The van der Waals surface area contributed by atoms with E-state index in [1.54, 1.807) is 0 Å². The Morgan fingerprint density at radius 2 is 1.93 bits per heavy atom. The van der Waals surface area contributed by atoms with Gasteiger partial charge < -0.3 is 15.2 Å². The first-order valence-electron chi connectivity index (χ1n) is 4.87. The highest BCUT2D eigenvalue weighted by atomic mass is 79.9. The summed E-state index contributed by atoms with van der Waals surface area (Å²) in [7, 11) is 0. The quantitative estimate of drug-likeness (QED) is 0.853. The molecule has 4 heteroatoms. The SMILES string of the molecule is CC(C)(N)c1c(Br)ccc2c1OCCO2. The molecule has 3 nitrogen and oxygen atoms in total. The summed E-state index contributed by atoms with van der Waals surface area (Å²) < 4.78 is 12.1. The molecule has 0 unspecified atom stereocenters. The van der Waals surface area contributed by atoms with Crippen molar-refractivity contribution in [2.24, 2.45) is 5.73 Å². The fourth-order valence-corrected chi connectivity index (χ4v) is 2.52. The van der Waals surface area contributed by atoms with Crippen LogP contribution in [0.3, 0.4) is 0 Å². The van der Waals surface area contributed by atoms with Crippen molar-refractivity contribution in [1.82, 2.24) is 0 Å². The Hall–Kier alpha value is -0.740. The average molecular weight is 272 g/mol. The summed E-state index contributed by atoms with van der Waals surface area (Å²) in [5.41, 5.74) is 6.62. The van der Waals surface area contributed by atoms with Crippen LogP contribution in [0.4, 0.5) is 0 Å². The van der Waals surface area contributed by atoms with Crippen LogP contribution in [0.2, 0.25) is 0 Å². The van der Waals surface area contributed by atoms with Gasteiger partial charge in [-0.25, -0.2) is 0 Å². The number of nitrogens with two attached hydrogens (primary N) is 1. The number of hydrogen-bond acceptors (Lipinski definition) is 3. The van der Waals surface area contributed by atoms with Crippen molar-refractivity contribution in [3.05, 3.63) is 22.2 Å². The molecule has 1 aromatic carbocycles. The molecule has 0 atom stereocenters. The van der Waals surface area contributed by atoms with Gasteiger partial charge in [-0.3, -0.25) is 0 Å². The van der Waals surface area contributed by atoms with E-state index in [0.29, 0.717) is 13.2 Å². The Morgan fingerprint density at radius 3 is 2.60 bits per heavy atom. The van der Waals surface area contributed by atoms with E-state index >= 15 is 0 Å². The van der Waals surface area contributed by atoms with Crippen molar-refractivity contribution < 1.29 is 9.47 Å². The summed E-state index contributed by atoms with van der Waals surface area (Å²) in [5.74, 6) is 1.54. The summed E-state index contributed by atoms with van der Waals surface area (Å²) >= 11 is 3.50. The first-order chi connectivity index (χ1) is 7.00. The molecule has 0 fully saturated rings. The first-order valence-corrected chi connectivity index (χ1v) is 5.67. The summed E-state index contributed by atoms with van der Waals surface area (Å²) in [5, 5.41) is 0. The molecule has 1 aliphatic rings. The van der Waals surface area contributed by atoms with E-state index < -0.39 is 5.54 Å². The third-order valence-corrected chi connectivity index (χ3v) is 2.96. The fourth-order valence-electron chi connectivity index (χ4n) is 1.69. The first kappa shape index (κ1) is 10.8. The molecule has 1 aliphatic heterocycles. The van der Waals surface area contributed by atoms with E-state index in [4.69, 9.17) is 15.2 Å². The second-order valence-corrected chi connectivity index (χ2v) is 5.02. The van der Waals surface area contributed by atoms with Gasteiger partial charge in [0.2, 0.25) is 0 Å². The van der Waals surface area contributed by atoms with Crippen molar-refractivity contribution in [2.75, 3.05) is 13.2 Å². The van der Waals surface area contributed by atoms with Gasteiger partial charge in [0, 0.05) is 15.6 Å². The summed E-state index contributed by atoms with van der Waals surface area (Å²) in [6, 6.07) is 3.84. The monoisotopic (exact) mass is 271 g/mol. The lowest BCUT2D eigenvalue weighted by molar-refractivity contribution is 0.167. The van der Waals surface area contributed by atoms with Crippen molar-refractivity contribution in [1.29, 1.82) is 0 Å². The normalized spacial score (nSPS) is 15.2. The average Bonchev–Trinajstić information content (AvgIpc) is 2.15. The molecule has 0 saturated carbocycles. The number of hydrogen-bond donors (Lipinski definition) is 1. The van der Waals surface area contributed by atoms with E-state index in [9.17, 15) is 0 Å². The molecule has 0 amide bonds. The molecule has 2 rings (SSSR count). The third-order valence-electron chi connectivity index (χ3n) is 2.30. The molecule has 0 spiro atoms. The molecular formula is C11H14BrNO2. The molecule has 15 heavy (non-hydrogen) atoms. The number of benzene rings is 1. The van der Waals surface area contributed by atoms with Crippen LogP contribution in [-0.4, -0.2) is 13.2 Å². The molecule has 0 saturated heterocycles. The summed E-state index contributed by atoms with van der Waals surface area (Å²) in [4.78, 5) is 0. The van der Waals surface area contributed by atoms with Crippen LogP contribution in [0.5, 0.6) is 11.5 Å². The number of ether oxygens (including phenoxy) is 2. The molecule has 0 aromatic heterocycles. The standard InChI is InChI=1S/C11H14BrNO2/c1-11(2,13)9-7(12)3-4-8-10(9)15-6-5-14-8/h3-4H,5-6,13H2,1-2H3. The highest BCUT2D eigenvalue weighted by Gasteiger charge is 2.27. The molecule has 0 bridgehead atoms. The topological polar surface area (TPSA) is 44.5 Å². The molecule has 0 aliphatic carbocycles. The van der Waals surface area contributed by atoms with Gasteiger partial charge in [-0.2, -0.15) is 0 Å². The lowest BCUT2D eigenvalue weighted by Crippen LogP contribution is -2.31. The minimum absolute atomic E-state index is 0.453. The van der Waals surface area contributed by atoms with E-state index in [1.807, 2.05) is 26.0 Å². The molecule has 2 N–H and O–H groups in total. The van der Waals surface area contributed by atoms with Gasteiger partial charge in [-0.05, 0) is 26.0 Å². The van der Waals surface area contributed by atoms with Gasteiger partial charge in [0.1, 0.15) is 13.2 Å². The summed E-state index contributed by atoms with van der Waals surface area (Å²) in [6.45, 7) is 5.07. The molecule has 82 valence electrons. The van der Waals surface area contributed by atoms with Crippen LogP contribution in [0.15, 0.2) is 16.6 Å². The van der Waals surface area contributed by atoms with Crippen LogP contribution in [0.1, 0.15) is 19.4 Å². The van der Waals surface area contributed by atoms with Gasteiger partial charge in [0.25, 0.3) is 0 Å². The van der Waals surface area contributed by atoms with E-state index in [1.165, 1.54) is 0 Å². The lowest BCUT2D eigenvalue weighted by Gasteiger charge is -2.28. The van der Waals surface area contributed by atoms with E-state index in [-0.39, 0.29) is 0 Å². The Labute approximate surface area is 97.7 Å². The lowest BCUT2D eigenvalue weighted by atomic mass is 9.94. The highest BCUT2D eigenvalue weighted by molar-refractivity contribution is 9.10. The Kier molecular flexibility index (Phi) is 2.64. The third kappa shape index (κ3) is 1.96. The maximum absolute atomic E-state index is 6.12. The maximum Gasteiger partial charge on any atom is 0.167 e. The van der Waals surface area contributed by atoms with Crippen molar-refractivity contribution in [2.45, 2.75) is 19.4 Å². The van der Waals surface area contributed by atoms with Crippen LogP contribution >= 0.6 is 15.9 Å². The highest BCUT2D eigenvalue weighted by Crippen LogP contribution is 2.42. The minimum Gasteiger partial charge on any atom is -0.486 e. The zero-order valence-electron chi connectivity index (χ0n) is 8.84. The predicted octanol–water partition coefficient (Wildman–Crippen LogP) is 2.41. The van der Waals surface area contributed by atoms with Crippen molar-refractivity contribution in [3.63, 3.8) is 0 Å². The van der Waals surface area contributed by atoms with Gasteiger partial charge in [0.15, 0.2) is 11.5 Å². The Bertz CT molecular complexity index is 385. The number of rotatable bonds is 1. The Balaban J connectivity index is 2.60. The van der Waals surface area contributed by atoms with Gasteiger partial charge in [-0.15, -0.1) is 0 Å². The van der Waals surface area contributed by atoms with E-state index in [2.05, 4.69) is 15.9 Å². The predicted molar refractivity (Wildman–Crippen MR) is 62.3 cm³/mol. The smallest absolute Gasteiger partial charge is 0.167 e. The molecule has 1 heterocycles. The fraction of sp³-hybridized carbons (Fsp3) is 0.455. The molecule has 0 radical (unpaired) electrons. The second kappa shape index (κ2) is 3.68. The van der Waals surface area contributed by atoms with Crippen molar-refractivity contribution in [3.8, 4) is 11.5 Å². The number of halogens is 1. The Morgan fingerprint density at radius 1 is 1.27 bits per heavy atom. The van der Waals surface area contributed by atoms with Crippen LogP contribution in [-0.2, 0) is 5.54 Å². The van der Waals surface area contributed by atoms with Gasteiger partial charge >= 0.3 is 0 Å². The largest absolute Gasteiger partial charge is 0.486 e. The van der Waals surface area contributed by atoms with Crippen molar-refractivity contribution >= 4 is 15.9 Å². The minimum atomic E-state index is -0.453. The zero-order chi connectivity index (χ0) is 11.1. The van der Waals surface area contributed by atoms with Crippen LogP contribution in [0.25, 0.3) is 0 Å². The van der Waals surface area contributed by atoms with E-state index in [0.717, 1.165) is 21.5 Å². The second-order valence-electron chi connectivity index (χ2n) is 4.17. The molecular weight excluding hydrogens is 258 g/mol.